The van der Waals surface area contributed by atoms with Gasteiger partial charge in [0.25, 0.3) is 5.91 Å². The molecule has 1 unspecified atom stereocenters. The average molecular weight is 383 g/mol. The van der Waals surface area contributed by atoms with Crippen molar-refractivity contribution in [1.29, 1.82) is 0 Å². The quantitative estimate of drug-likeness (QED) is 0.634. The van der Waals surface area contributed by atoms with Crippen LogP contribution in [-0.2, 0) is 12.1 Å². The van der Waals surface area contributed by atoms with E-state index in [1.807, 2.05) is 32.0 Å². The topological polar surface area (TPSA) is 102 Å². The molecule has 0 aliphatic heterocycles. The molecule has 2 heterocycles. The number of hydrogen-bond acceptors (Lipinski definition) is 6. The van der Waals surface area contributed by atoms with E-state index in [2.05, 4.69) is 20.4 Å². The number of aliphatic hydroxyl groups is 1. The zero-order valence-electron chi connectivity index (χ0n) is 16.4. The maximum absolute atomic E-state index is 13.1. The summed E-state index contributed by atoms with van der Waals surface area (Å²) in [6, 6.07) is 7.25. The number of benzene rings is 1. The predicted molar refractivity (Wildman–Crippen MR) is 103 cm³/mol. The maximum atomic E-state index is 13.1. The average Bonchev–Trinajstić information content (AvgIpc) is 3.40. The zero-order valence-corrected chi connectivity index (χ0v) is 16.4. The van der Waals surface area contributed by atoms with Crippen LogP contribution in [0.15, 0.2) is 42.9 Å². The highest BCUT2D eigenvalue weighted by Gasteiger charge is 2.24. The Morgan fingerprint density at radius 1 is 1.18 bits per heavy atom. The molecule has 1 amide bonds. The van der Waals surface area contributed by atoms with Crippen LogP contribution in [0, 0.1) is 0 Å². The van der Waals surface area contributed by atoms with Crippen LogP contribution in [0.3, 0.4) is 0 Å². The first-order valence-corrected chi connectivity index (χ1v) is 9.34. The number of rotatable bonds is 8. The van der Waals surface area contributed by atoms with Gasteiger partial charge in [0.05, 0.1) is 36.4 Å². The number of nitrogens with zero attached hydrogens (tertiary/aromatic N) is 7. The fourth-order valence-electron chi connectivity index (χ4n) is 2.79. The first kappa shape index (κ1) is 19.7. The molecule has 148 valence electrons. The number of hydrogen-bond donors (Lipinski definition) is 1. The van der Waals surface area contributed by atoms with Crippen LogP contribution in [0.25, 0.3) is 5.69 Å². The van der Waals surface area contributed by atoms with Gasteiger partial charge in [0, 0.05) is 13.1 Å². The molecule has 1 N–H and O–H groups in total. The molecule has 0 saturated carbocycles. The molecule has 3 rings (SSSR count). The Kier molecular flexibility index (Phi) is 5.84. The number of para-hydroxylation sites is 1. The van der Waals surface area contributed by atoms with Crippen molar-refractivity contribution in [3.05, 3.63) is 54.1 Å². The standard InChI is InChI=1S/C19H25N7O2/c1-4-19(3,28)17-14-22-25(23-17)13-12-24(5-2)18(27)15-8-6-7-9-16(15)26-20-10-11-21-26/h6-11,14,28H,4-5,12-13H2,1-3H3. The van der Waals surface area contributed by atoms with Crippen LogP contribution in [0.2, 0.25) is 0 Å². The van der Waals surface area contributed by atoms with Crippen LogP contribution in [-0.4, -0.2) is 59.0 Å². The van der Waals surface area contributed by atoms with Crippen LogP contribution in [0.5, 0.6) is 0 Å². The number of carbonyl (C=O) groups excluding carboxylic acids is 1. The summed E-state index contributed by atoms with van der Waals surface area (Å²) in [5.74, 6) is -0.108. The van der Waals surface area contributed by atoms with Crippen LogP contribution >= 0.6 is 0 Å². The summed E-state index contributed by atoms with van der Waals surface area (Å²) in [6.45, 7) is 6.95. The summed E-state index contributed by atoms with van der Waals surface area (Å²) in [5.41, 5.74) is 0.686. The van der Waals surface area contributed by atoms with E-state index in [1.54, 1.807) is 36.5 Å². The number of amides is 1. The van der Waals surface area contributed by atoms with E-state index in [4.69, 9.17) is 0 Å². The summed E-state index contributed by atoms with van der Waals surface area (Å²) in [6.07, 6.45) is 5.26. The van der Waals surface area contributed by atoms with Gasteiger partial charge < -0.3 is 10.0 Å². The van der Waals surface area contributed by atoms with Crippen molar-refractivity contribution in [2.24, 2.45) is 0 Å². The summed E-state index contributed by atoms with van der Waals surface area (Å²) in [5, 5.41) is 27.1. The van der Waals surface area contributed by atoms with E-state index in [0.717, 1.165) is 0 Å². The first-order valence-electron chi connectivity index (χ1n) is 9.34. The Balaban J connectivity index is 1.74. The monoisotopic (exact) mass is 383 g/mol. The van der Waals surface area contributed by atoms with Gasteiger partial charge in [0.15, 0.2) is 0 Å². The van der Waals surface area contributed by atoms with Gasteiger partial charge in [0.1, 0.15) is 11.3 Å². The van der Waals surface area contributed by atoms with Gasteiger partial charge in [-0.05, 0) is 32.4 Å². The van der Waals surface area contributed by atoms with Gasteiger partial charge in [-0.15, -0.1) is 0 Å². The SMILES string of the molecule is CCN(CCn1ncc(C(C)(O)CC)n1)C(=O)c1ccccc1-n1nccn1. The molecule has 1 atom stereocenters. The van der Waals surface area contributed by atoms with Gasteiger partial charge in [-0.2, -0.15) is 30.0 Å². The van der Waals surface area contributed by atoms with Crippen molar-refractivity contribution in [1.82, 2.24) is 34.9 Å². The molecule has 0 saturated heterocycles. The number of likely N-dealkylation sites (N-methyl/N-ethyl adjacent to an activating group) is 1. The summed E-state index contributed by atoms with van der Waals surface area (Å²) < 4.78 is 0. The Hall–Kier alpha value is -3.07. The highest BCUT2D eigenvalue weighted by molar-refractivity contribution is 5.97. The van der Waals surface area contributed by atoms with Crippen LogP contribution < -0.4 is 0 Å². The van der Waals surface area contributed by atoms with Gasteiger partial charge >= 0.3 is 0 Å². The Bertz CT molecular complexity index is 918. The van der Waals surface area contributed by atoms with E-state index in [9.17, 15) is 9.90 Å². The Labute approximate surface area is 163 Å². The fourth-order valence-corrected chi connectivity index (χ4v) is 2.79. The lowest BCUT2D eigenvalue weighted by molar-refractivity contribution is 0.0476. The minimum absolute atomic E-state index is 0.108. The smallest absolute Gasteiger partial charge is 0.256 e. The highest BCUT2D eigenvalue weighted by Crippen LogP contribution is 2.21. The molecule has 0 aliphatic carbocycles. The molecule has 3 aromatic rings. The van der Waals surface area contributed by atoms with Crippen molar-refractivity contribution in [2.75, 3.05) is 13.1 Å². The van der Waals surface area contributed by atoms with Gasteiger partial charge in [-0.1, -0.05) is 19.1 Å². The summed E-state index contributed by atoms with van der Waals surface area (Å²) >= 11 is 0. The minimum Gasteiger partial charge on any atom is -0.384 e. The van der Waals surface area contributed by atoms with E-state index in [-0.39, 0.29) is 5.91 Å². The predicted octanol–water partition coefficient (Wildman–Crippen LogP) is 1.64. The molecular weight excluding hydrogens is 358 g/mol. The molecule has 0 aliphatic rings. The molecular formula is C19H25N7O2. The molecule has 0 spiro atoms. The fraction of sp³-hybridized carbons (Fsp3) is 0.421. The maximum Gasteiger partial charge on any atom is 0.256 e. The number of aromatic nitrogens is 6. The Morgan fingerprint density at radius 2 is 1.89 bits per heavy atom. The van der Waals surface area contributed by atoms with Gasteiger partial charge in [-0.3, -0.25) is 4.79 Å². The second-order valence-electron chi connectivity index (χ2n) is 6.67. The molecule has 0 bridgehead atoms. The summed E-state index contributed by atoms with van der Waals surface area (Å²) in [4.78, 5) is 17.8. The lowest BCUT2D eigenvalue weighted by Crippen LogP contribution is -2.35. The lowest BCUT2D eigenvalue weighted by atomic mass is 10.0. The van der Waals surface area contributed by atoms with E-state index in [1.165, 1.54) is 9.59 Å². The van der Waals surface area contributed by atoms with Crippen molar-refractivity contribution in [3.8, 4) is 5.69 Å². The third-order valence-electron chi connectivity index (χ3n) is 4.78. The molecule has 28 heavy (non-hydrogen) atoms. The van der Waals surface area contributed by atoms with Crippen molar-refractivity contribution >= 4 is 5.91 Å². The second kappa shape index (κ2) is 8.30. The molecule has 9 nitrogen and oxygen atoms in total. The van der Waals surface area contributed by atoms with E-state index < -0.39 is 5.60 Å². The van der Waals surface area contributed by atoms with E-state index >= 15 is 0 Å². The van der Waals surface area contributed by atoms with Crippen LogP contribution in [0.1, 0.15) is 43.2 Å². The molecule has 9 heteroatoms. The third kappa shape index (κ3) is 4.09. The Morgan fingerprint density at radius 3 is 2.57 bits per heavy atom. The van der Waals surface area contributed by atoms with Gasteiger partial charge in [0.2, 0.25) is 0 Å². The molecule has 1 aromatic carbocycles. The van der Waals surface area contributed by atoms with Crippen molar-refractivity contribution < 1.29 is 9.90 Å². The van der Waals surface area contributed by atoms with Crippen molar-refractivity contribution in [3.63, 3.8) is 0 Å². The first-order chi connectivity index (χ1) is 13.5. The third-order valence-corrected chi connectivity index (χ3v) is 4.78. The van der Waals surface area contributed by atoms with Crippen molar-refractivity contribution in [2.45, 2.75) is 39.3 Å². The van der Waals surface area contributed by atoms with Crippen LogP contribution in [0.4, 0.5) is 0 Å². The summed E-state index contributed by atoms with van der Waals surface area (Å²) in [7, 11) is 0. The minimum atomic E-state index is -1.01. The molecule has 0 fully saturated rings. The largest absolute Gasteiger partial charge is 0.384 e. The van der Waals surface area contributed by atoms with Gasteiger partial charge in [-0.25, -0.2) is 0 Å². The molecule has 2 aromatic heterocycles. The lowest BCUT2D eigenvalue weighted by Gasteiger charge is -2.22. The number of carbonyl (C=O) groups is 1. The molecule has 0 radical (unpaired) electrons. The highest BCUT2D eigenvalue weighted by atomic mass is 16.3. The normalized spacial score (nSPS) is 13.3. The zero-order chi connectivity index (χ0) is 20.1. The van der Waals surface area contributed by atoms with E-state index in [0.29, 0.717) is 43.0 Å². The second-order valence-corrected chi connectivity index (χ2v) is 6.67.